The number of nitrogens with one attached hydrogen (secondary N) is 1. The first-order valence-electron chi connectivity index (χ1n) is 12.9. The zero-order chi connectivity index (χ0) is 27.4. The zero-order valence-corrected chi connectivity index (χ0v) is 22.3. The minimum Gasteiger partial charge on any atom is -0.487 e. The van der Waals surface area contributed by atoms with Gasteiger partial charge in [-0.1, -0.05) is 6.07 Å². The molecule has 0 radical (unpaired) electrons. The summed E-state index contributed by atoms with van der Waals surface area (Å²) in [5.74, 6) is 0.195. The van der Waals surface area contributed by atoms with E-state index in [0.29, 0.717) is 41.8 Å². The Hall–Kier alpha value is -3.70. The van der Waals surface area contributed by atoms with Crippen molar-refractivity contribution in [3.05, 3.63) is 64.9 Å². The second-order valence-corrected chi connectivity index (χ2v) is 10.7. The molecule has 3 heterocycles. The Morgan fingerprint density at radius 3 is 2.87 bits per heavy atom. The topological polar surface area (TPSA) is 110 Å². The fraction of sp³-hybridized carbons (Fsp3) is 0.393. The molecule has 0 aliphatic carbocycles. The van der Waals surface area contributed by atoms with Crippen LogP contribution in [0.2, 0.25) is 0 Å². The van der Waals surface area contributed by atoms with Crippen molar-refractivity contribution < 1.29 is 33.3 Å². The Morgan fingerprint density at radius 2 is 2.15 bits per heavy atom. The lowest BCUT2D eigenvalue weighted by molar-refractivity contribution is -0.118. The molecule has 2 aromatic carbocycles. The lowest BCUT2D eigenvalue weighted by Crippen LogP contribution is -2.52. The standard InChI is InChI=1S/C28H30FN3O6S/c1-28(16-25(33)31-26-30-9-12-39-26)22-15-24(38-20-7-4-5-19(29)14-20)23(37-17-21-6-2-3-11-36-21)13-18(22)8-10-32(28)27(34)35/h4-5,7,9,12-15,21H,2-3,6,8,10-11,16-17H2,1H3,(H,34,35)(H,30,31,33)/t21?,28-/m1/s1. The number of thiazole rings is 1. The van der Waals surface area contributed by atoms with Crippen LogP contribution in [0.25, 0.3) is 0 Å². The van der Waals surface area contributed by atoms with Crippen LogP contribution in [0.15, 0.2) is 48.0 Å². The Labute approximate surface area is 229 Å². The van der Waals surface area contributed by atoms with E-state index in [9.17, 15) is 19.1 Å². The van der Waals surface area contributed by atoms with Crippen molar-refractivity contribution in [3.8, 4) is 17.2 Å². The van der Waals surface area contributed by atoms with E-state index in [1.165, 1.54) is 28.4 Å². The number of carbonyl (C=O) groups excluding carboxylic acids is 1. The molecule has 0 spiro atoms. The highest BCUT2D eigenvalue weighted by Gasteiger charge is 2.44. The molecule has 2 atom stereocenters. The number of carboxylic acid groups (broad SMARTS) is 1. The second kappa shape index (κ2) is 11.6. The molecule has 206 valence electrons. The van der Waals surface area contributed by atoms with Gasteiger partial charge in [-0.05, 0) is 68.0 Å². The Morgan fingerprint density at radius 1 is 1.28 bits per heavy atom. The molecule has 2 aliphatic rings. The van der Waals surface area contributed by atoms with Gasteiger partial charge in [0, 0.05) is 30.8 Å². The predicted octanol–water partition coefficient (Wildman–Crippen LogP) is 5.80. The molecule has 2 aliphatic heterocycles. The summed E-state index contributed by atoms with van der Waals surface area (Å²) in [6.07, 6.45) is 3.69. The highest BCUT2D eigenvalue weighted by Crippen LogP contribution is 2.45. The highest BCUT2D eigenvalue weighted by molar-refractivity contribution is 7.13. The first-order valence-corrected chi connectivity index (χ1v) is 13.7. The van der Waals surface area contributed by atoms with E-state index in [1.807, 2.05) is 6.07 Å². The van der Waals surface area contributed by atoms with Crippen molar-refractivity contribution in [2.24, 2.45) is 0 Å². The van der Waals surface area contributed by atoms with Crippen LogP contribution in [0.5, 0.6) is 17.2 Å². The number of benzene rings is 2. The molecule has 2 N–H and O–H groups in total. The van der Waals surface area contributed by atoms with Crippen LogP contribution < -0.4 is 14.8 Å². The van der Waals surface area contributed by atoms with Crippen molar-refractivity contribution >= 4 is 28.5 Å². The monoisotopic (exact) mass is 555 g/mol. The molecular formula is C28H30FN3O6S. The highest BCUT2D eigenvalue weighted by atomic mass is 32.1. The molecule has 39 heavy (non-hydrogen) atoms. The molecule has 1 saturated heterocycles. The number of halogens is 1. The third-order valence-corrected chi connectivity index (χ3v) is 7.78. The molecular weight excluding hydrogens is 525 g/mol. The molecule has 0 saturated carbocycles. The molecule has 0 bridgehead atoms. The molecule has 1 aromatic heterocycles. The van der Waals surface area contributed by atoms with Gasteiger partial charge in [-0.2, -0.15) is 0 Å². The van der Waals surface area contributed by atoms with E-state index in [2.05, 4.69) is 10.3 Å². The molecule has 9 nitrogen and oxygen atoms in total. The number of amides is 2. The third kappa shape index (κ3) is 6.15. The molecule has 1 fully saturated rings. The summed E-state index contributed by atoms with van der Waals surface area (Å²) in [6.45, 7) is 2.95. The SMILES string of the molecule is C[C@@]1(CC(=O)Nc2nccs2)c2cc(Oc3cccc(F)c3)c(OCC3CCCCO3)cc2CCN1C(=O)O. The smallest absolute Gasteiger partial charge is 0.408 e. The average Bonchev–Trinajstić information content (AvgIpc) is 3.41. The van der Waals surface area contributed by atoms with Crippen molar-refractivity contribution in [2.75, 3.05) is 25.1 Å². The number of nitrogens with zero attached hydrogens (tertiary/aromatic N) is 2. The van der Waals surface area contributed by atoms with Gasteiger partial charge in [0.1, 0.15) is 18.2 Å². The number of hydrogen-bond donors (Lipinski definition) is 2. The average molecular weight is 556 g/mol. The number of ether oxygens (including phenoxy) is 3. The number of carbonyl (C=O) groups is 2. The van der Waals surface area contributed by atoms with E-state index >= 15 is 0 Å². The summed E-state index contributed by atoms with van der Waals surface area (Å²) < 4.78 is 32.0. The molecule has 11 heteroatoms. The van der Waals surface area contributed by atoms with Crippen molar-refractivity contribution in [3.63, 3.8) is 0 Å². The maximum Gasteiger partial charge on any atom is 0.408 e. The third-order valence-electron chi connectivity index (χ3n) is 7.09. The largest absolute Gasteiger partial charge is 0.487 e. The maximum atomic E-state index is 13.9. The summed E-state index contributed by atoms with van der Waals surface area (Å²) in [5, 5.41) is 15.0. The van der Waals surface area contributed by atoms with Crippen molar-refractivity contribution in [1.29, 1.82) is 0 Å². The zero-order valence-electron chi connectivity index (χ0n) is 21.5. The summed E-state index contributed by atoms with van der Waals surface area (Å²) in [6, 6.07) is 9.30. The molecule has 1 unspecified atom stereocenters. The van der Waals surface area contributed by atoms with Gasteiger partial charge < -0.3 is 24.6 Å². The van der Waals surface area contributed by atoms with Crippen molar-refractivity contribution in [1.82, 2.24) is 9.88 Å². The Balaban J connectivity index is 1.51. The minimum atomic E-state index is -1.20. The van der Waals surface area contributed by atoms with Gasteiger partial charge in [-0.15, -0.1) is 11.3 Å². The number of hydrogen-bond acceptors (Lipinski definition) is 7. The van der Waals surface area contributed by atoms with E-state index in [-0.39, 0.29) is 30.7 Å². The number of aromatic nitrogens is 1. The van der Waals surface area contributed by atoms with Crippen LogP contribution in [0, 0.1) is 5.82 Å². The van der Waals surface area contributed by atoms with Gasteiger partial charge in [0.2, 0.25) is 5.91 Å². The molecule has 3 aromatic rings. The lowest BCUT2D eigenvalue weighted by Gasteiger charge is -2.44. The predicted molar refractivity (Wildman–Crippen MR) is 143 cm³/mol. The molecule has 2 amide bonds. The van der Waals surface area contributed by atoms with Crippen LogP contribution in [-0.2, 0) is 21.5 Å². The Kier molecular flexibility index (Phi) is 7.99. The fourth-order valence-electron chi connectivity index (χ4n) is 5.16. The first-order chi connectivity index (χ1) is 18.8. The summed E-state index contributed by atoms with van der Waals surface area (Å²) in [5.41, 5.74) is 0.271. The van der Waals surface area contributed by atoms with Crippen LogP contribution in [0.1, 0.15) is 43.7 Å². The van der Waals surface area contributed by atoms with Crippen LogP contribution in [-0.4, -0.2) is 52.9 Å². The second-order valence-electron chi connectivity index (χ2n) is 9.84. The van der Waals surface area contributed by atoms with E-state index < -0.39 is 17.4 Å². The van der Waals surface area contributed by atoms with Gasteiger partial charge in [0.25, 0.3) is 0 Å². The number of rotatable bonds is 8. The van der Waals surface area contributed by atoms with Gasteiger partial charge in [0.05, 0.1) is 18.1 Å². The van der Waals surface area contributed by atoms with Crippen LogP contribution in [0.4, 0.5) is 14.3 Å². The maximum absolute atomic E-state index is 13.9. The van der Waals surface area contributed by atoms with E-state index in [1.54, 1.807) is 36.7 Å². The quantitative estimate of drug-likeness (QED) is 0.361. The molecule has 5 rings (SSSR count). The van der Waals surface area contributed by atoms with Crippen LogP contribution in [0.3, 0.4) is 0 Å². The number of anilines is 1. The Bertz CT molecular complexity index is 1330. The van der Waals surface area contributed by atoms with Crippen LogP contribution >= 0.6 is 11.3 Å². The van der Waals surface area contributed by atoms with Crippen molar-refractivity contribution in [2.45, 2.75) is 50.7 Å². The van der Waals surface area contributed by atoms with Gasteiger partial charge in [-0.25, -0.2) is 14.2 Å². The van der Waals surface area contributed by atoms with Gasteiger partial charge >= 0.3 is 6.09 Å². The summed E-state index contributed by atoms with van der Waals surface area (Å²) in [4.78, 5) is 30.7. The van der Waals surface area contributed by atoms with Gasteiger partial charge in [-0.3, -0.25) is 9.69 Å². The summed E-state index contributed by atoms with van der Waals surface area (Å²) in [7, 11) is 0. The normalized spacial score (nSPS) is 20.7. The summed E-state index contributed by atoms with van der Waals surface area (Å²) >= 11 is 1.28. The fourth-order valence-corrected chi connectivity index (χ4v) is 5.71. The van der Waals surface area contributed by atoms with E-state index in [0.717, 1.165) is 24.8 Å². The number of fused-ring (bicyclic) bond motifs is 1. The van der Waals surface area contributed by atoms with Gasteiger partial charge in [0.15, 0.2) is 16.6 Å². The lowest BCUT2D eigenvalue weighted by atomic mass is 9.79. The first kappa shape index (κ1) is 26.9. The minimum absolute atomic E-state index is 0.0425. The van der Waals surface area contributed by atoms with E-state index in [4.69, 9.17) is 14.2 Å².